The molecule has 0 bridgehead atoms. The van der Waals surface area contributed by atoms with E-state index in [0.29, 0.717) is 0 Å². The van der Waals surface area contributed by atoms with Crippen LogP contribution in [0.3, 0.4) is 0 Å². The minimum absolute atomic E-state index is 0. The second kappa shape index (κ2) is 5.29. The van der Waals surface area contributed by atoms with Crippen molar-refractivity contribution in [3.05, 3.63) is 29.8 Å². The number of hydrogen-bond acceptors (Lipinski definition) is 2. The summed E-state index contributed by atoms with van der Waals surface area (Å²) in [6.07, 6.45) is 0. The van der Waals surface area contributed by atoms with Gasteiger partial charge in [0.2, 0.25) is 5.91 Å². The zero-order chi connectivity index (χ0) is 14.5. The summed E-state index contributed by atoms with van der Waals surface area (Å²) in [4.78, 5) is 15.0. The number of rotatable bonds is 1. The number of benzene rings is 1. The van der Waals surface area contributed by atoms with Crippen LogP contribution in [0.5, 0.6) is 0 Å². The van der Waals surface area contributed by atoms with Crippen molar-refractivity contribution >= 4 is 24.0 Å². The molecular formula is C17H25ClN2O. The van der Waals surface area contributed by atoms with Gasteiger partial charge in [-0.2, -0.15) is 0 Å². The summed E-state index contributed by atoms with van der Waals surface area (Å²) in [5.41, 5.74) is 2.49. The molecule has 116 valence electrons. The fraction of sp³-hybridized carbons (Fsp3) is 0.588. The Morgan fingerprint density at radius 3 is 2.43 bits per heavy atom. The summed E-state index contributed by atoms with van der Waals surface area (Å²) < 4.78 is 0. The molecule has 0 atom stereocenters. The molecule has 1 amide bonds. The van der Waals surface area contributed by atoms with Crippen LogP contribution in [0.25, 0.3) is 0 Å². The lowest BCUT2D eigenvalue weighted by Gasteiger charge is -2.23. The number of carbonyl (C=O) groups is 1. The molecule has 0 spiro atoms. The smallest absolute Gasteiger partial charge is 0.231 e. The first kappa shape index (κ1) is 16.3. The predicted octanol–water partition coefficient (Wildman–Crippen LogP) is 3.23. The van der Waals surface area contributed by atoms with Crippen LogP contribution in [0, 0.1) is 16.7 Å². The molecule has 1 N–H and O–H groups in total. The van der Waals surface area contributed by atoms with E-state index >= 15 is 0 Å². The first-order valence-electron chi connectivity index (χ1n) is 7.47. The maximum Gasteiger partial charge on any atom is 0.231 e. The molecule has 1 aromatic rings. The molecule has 1 fully saturated rings. The number of halogens is 1. The number of hydrogen-bond donors (Lipinski definition) is 1. The van der Waals surface area contributed by atoms with Crippen molar-refractivity contribution in [2.24, 2.45) is 16.7 Å². The first-order valence-corrected chi connectivity index (χ1v) is 7.47. The third kappa shape index (κ3) is 2.36. The van der Waals surface area contributed by atoms with Gasteiger partial charge in [0.05, 0.1) is 0 Å². The molecule has 1 aromatic carbocycles. The highest BCUT2D eigenvalue weighted by atomic mass is 35.5. The second-order valence-corrected chi connectivity index (χ2v) is 7.17. The van der Waals surface area contributed by atoms with Crippen LogP contribution in [0.1, 0.15) is 33.3 Å². The number of fused-ring (bicyclic) bond motifs is 1. The van der Waals surface area contributed by atoms with Crippen molar-refractivity contribution in [2.75, 3.05) is 18.0 Å². The van der Waals surface area contributed by atoms with Crippen molar-refractivity contribution < 1.29 is 4.79 Å². The highest BCUT2D eigenvalue weighted by Crippen LogP contribution is 2.68. The molecule has 2 aliphatic rings. The van der Waals surface area contributed by atoms with Gasteiger partial charge in [-0.3, -0.25) is 4.79 Å². The third-order valence-electron chi connectivity index (χ3n) is 5.64. The third-order valence-corrected chi connectivity index (χ3v) is 5.64. The lowest BCUT2D eigenvalue weighted by atomic mass is 10.0. The van der Waals surface area contributed by atoms with E-state index in [1.54, 1.807) is 0 Å². The molecule has 0 saturated heterocycles. The number of nitrogens with zero attached hydrogens (tertiary/aromatic N) is 1. The van der Waals surface area contributed by atoms with E-state index in [4.69, 9.17) is 0 Å². The van der Waals surface area contributed by atoms with Crippen molar-refractivity contribution in [1.29, 1.82) is 0 Å². The molecule has 3 nitrogen and oxygen atoms in total. The standard InChI is InChI=1S/C17H24N2O.ClH/c1-16(2)14(17(16,3)4)15(20)19-10-9-18-11-12-7-5-6-8-13(12)19;/h5-8,14,18H,9-11H2,1-4H3;1H. The fourth-order valence-electron chi connectivity index (χ4n) is 3.66. The van der Waals surface area contributed by atoms with Crippen LogP contribution in [0.15, 0.2) is 24.3 Å². The van der Waals surface area contributed by atoms with Gasteiger partial charge in [-0.15, -0.1) is 12.4 Å². The van der Waals surface area contributed by atoms with Gasteiger partial charge >= 0.3 is 0 Å². The Bertz CT molecular complexity index is 539. The Morgan fingerprint density at radius 2 is 1.81 bits per heavy atom. The van der Waals surface area contributed by atoms with E-state index < -0.39 is 0 Å². The van der Waals surface area contributed by atoms with Crippen LogP contribution in [0.2, 0.25) is 0 Å². The van der Waals surface area contributed by atoms with E-state index in [-0.39, 0.29) is 35.1 Å². The van der Waals surface area contributed by atoms with E-state index in [1.165, 1.54) is 5.56 Å². The predicted molar refractivity (Wildman–Crippen MR) is 88.8 cm³/mol. The zero-order valence-electron chi connectivity index (χ0n) is 13.3. The summed E-state index contributed by atoms with van der Waals surface area (Å²) in [6, 6.07) is 8.24. The molecule has 3 rings (SSSR count). The molecule has 0 aromatic heterocycles. The Balaban J connectivity index is 0.00000161. The minimum Gasteiger partial charge on any atom is -0.311 e. The Kier molecular flexibility index (Phi) is 4.11. The number of anilines is 1. The summed E-state index contributed by atoms with van der Waals surface area (Å²) in [7, 11) is 0. The highest BCUT2D eigenvalue weighted by Gasteiger charge is 2.68. The lowest BCUT2D eigenvalue weighted by Crippen LogP contribution is -2.37. The van der Waals surface area contributed by atoms with Gasteiger partial charge in [0.25, 0.3) is 0 Å². The van der Waals surface area contributed by atoms with Crippen LogP contribution in [-0.2, 0) is 11.3 Å². The molecule has 0 radical (unpaired) electrons. The van der Waals surface area contributed by atoms with Crippen LogP contribution in [0.4, 0.5) is 5.69 Å². The average molecular weight is 309 g/mol. The van der Waals surface area contributed by atoms with Gasteiger partial charge in [0, 0.05) is 31.2 Å². The van der Waals surface area contributed by atoms with Crippen molar-refractivity contribution in [3.63, 3.8) is 0 Å². The van der Waals surface area contributed by atoms with Crippen molar-refractivity contribution in [3.8, 4) is 0 Å². The molecule has 1 saturated carbocycles. The van der Waals surface area contributed by atoms with E-state index in [2.05, 4.69) is 45.1 Å². The summed E-state index contributed by atoms with van der Waals surface area (Å²) >= 11 is 0. The molecule has 1 aliphatic heterocycles. The Hall–Kier alpha value is -1.06. The van der Waals surface area contributed by atoms with Crippen LogP contribution >= 0.6 is 12.4 Å². The highest BCUT2D eigenvalue weighted by molar-refractivity contribution is 5.99. The maximum absolute atomic E-state index is 13.0. The molecule has 0 unspecified atom stereocenters. The minimum atomic E-state index is 0. The second-order valence-electron chi connectivity index (χ2n) is 7.17. The molecule has 21 heavy (non-hydrogen) atoms. The van der Waals surface area contributed by atoms with Gasteiger partial charge in [0.1, 0.15) is 0 Å². The number of amides is 1. The van der Waals surface area contributed by atoms with Crippen LogP contribution in [-0.4, -0.2) is 19.0 Å². The van der Waals surface area contributed by atoms with E-state index in [9.17, 15) is 4.79 Å². The van der Waals surface area contributed by atoms with Crippen LogP contribution < -0.4 is 10.2 Å². The normalized spacial score (nSPS) is 22.8. The number of carbonyl (C=O) groups excluding carboxylic acids is 1. The Morgan fingerprint density at radius 1 is 1.19 bits per heavy atom. The molecular weight excluding hydrogens is 284 g/mol. The van der Waals surface area contributed by atoms with Crippen molar-refractivity contribution in [1.82, 2.24) is 5.32 Å². The fourth-order valence-corrected chi connectivity index (χ4v) is 3.66. The van der Waals surface area contributed by atoms with E-state index in [0.717, 1.165) is 25.3 Å². The summed E-state index contributed by atoms with van der Waals surface area (Å²) in [6.45, 7) is 11.3. The Labute approximate surface area is 133 Å². The number of nitrogens with one attached hydrogen (secondary N) is 1. The molecule has 1 aliphatic carbocycles. The SMILES string of the molecule is CC1(C)C(C(=O)N2CCNCc3ccccc32)C1(C)C.Cl. The van der Waals surface area contributed by atoms with Gasteiger partial charge in [0.15, 0.2) is 0 Å². The number of para-hydroxylation sites is 1. The molecule has 1 heterocycles. The molecule has 4 heteroatoms. The van der Waals surface area contributed by atoms with Gasteiger partial charge < -0.3 is 10.2 Å². The zero-order valence-corrected chi connectivity index (χ0v) is 14.1. The monoisotopic (exact) mass is 308 g/mol. The van der Waals surface area contributed by atoms with Gasteiger partial charge in [-0.25, -0.2) is 0 Å². The van der Waals surface area contributed by atoms with E-state index in [1.807, 2.05) is 17.0 Å². The first-order chi connectivity index (χ1) is 9.37. The summed E-state index contributed by atoms with van der Waals surface area (Å²) in [5.74, 6) is 0.414. The summed E-state index contributed by atoms with van der Waals surface area (Å²) in [5, 5.41) is 3.40. The quantitative estimate of drug-likeness (QED) is 0.864. The van der Waals surface area contributed by atoms with Gasteiger partial charge in [-0.1, -0.05) is 45.9 Å². The topological polar surface area (TPSA) is 32.3 Å². The maximum atomic E-state index is 13.0. The van der Waals surface area contributed by atoms with Crippen molar-refractivity contribution in [2.45, 2.75) is 34.2 Å². The largest absolute Gasteiger partial charge is 0.311 e. The van der Waals surface area contributed by atoms with Gasteiger partial charge in [-0.05, 0) is 22.5 Å². The lowest BCUT2D eigenvalue weighted by molar-refractivity contribution is -0.120. The average Bonchev–Trinajstić information content (AvgIpc) is 2.90.